The largest absolute Gasteiger partial charge is 0.485 e. The number of carbonyl (C=O) groups excluding carboxylic acids is 1. The molecule has 0 amide bonds. The molecule has 0 saturated heterocycles. The van der Waals surface area contributed by atoms with E-state index in [1.54, 1.807) is 0 Å². The molecule has 1 aromatic heterocycles. The molecular weight excluding hydrogens is 348 g/mol. The molecule has 0 atom stereocenters. The van der Waals surface area contributed by atoms with Gasteiger partial charge in [0.1, 0.15) is 5.75 Å². The number of benzene rings is 1. The molecule has 0 spiro atoms. The van der Waals surface area contributed by atoms with Crippen LogP contribution in [0.3, 0.4) is 0 Å². The standard InChI is InChI=1S/C17H19BrO2S/c1-11-9-12(17(2,3)4)5-6-14(11)20-10-13(19)15-7-8-16(18)21-15/h5-9H,10H2,1-4H3. The zero-order valence-corrected chi connectivity index (χ0v) is 15.1. The van der Waals surface area contributed by atoms with Crippen molar-refractivity contribution in [1.82, 2.24) is 0 Å². The number of ketones is 1. The van der Waals surface area contributed by atoms with Crippen LogP contribution >= 0.6 is 27.3 Å². The number of halogens is 1. The molecule has 4 heteroatoms. The van der Waals surface area contributed by atoms with Crippen molar-refractivity contribution in [1.29, 1.82) is 0 Å². The first-order valence-electron chi connectivity index (χ1n) is 6.80. The number of carbonyl (C=O) groups is 1. The summed E-state index contributed by atoms with van der Waals surface area (Å²) in [7, 11) is 0. The van der Waals surface area contributed by atoms with Gasteiger partial charge in [0.2, 0.25) is 5.78 Å². The second kappa shape index (κ2) is 6.32. The van der Waals surface area contributed by atoms with Crippen molar-refractivity contribution in [2.75, 3.05) is 6.61 Å². The fourth-order valence-corrected chi connectivity index (χ4v) is 3.27. The van der Waals surface area contributed by atoms with Crippen LogP contribution in [0, 0.1) is 6.92 Å². The van der Waals surface area contributed by atoms with Gasteiger partial charge in [-0.2, -0.15) is 0 Å². The van der Waals surface area contributed by atoms with Crippen molar-refractivity contribution >= 4 is 33.0 Å². The number of Topliss-reactive ketones (excluding diaryl/α,β-unsaturated/α-hetero) is 1. The van der Waals surface area contributed by atoms with E-state index >= 15 is 0 Å². The van der Waals surface area contributed by atoms with Crippen LogP contribution in [-0.4, -0.2) is 12.4 Å². The summed E-state index contributed by atoms with van der Waals surface area (Å²) < 4.78 is 6.63. The van der Waals surface area contributed by atoms with Gasteiger partial charge >= 0.3 is 0 Å². The molecule has 21 heavy (non-hydrogen) atoms. The monoisotopic (exact) mass is 366 g/mol. The van der Waals surface area contributed by atoms with Crippen LogP contribution in [0.15, 0.2) is 34.1 Å². The first-order valence-corrected chi connectivity index (χ1v) is 8.41. The van der Waals surface area contributed by atoms with E-state index in [4.69, 9.17) is 4.74 Å². The minimum Gasteiger partial charge on any atom is -0.485 e. The zero-order chi connectivity index (χ0) is 15.6. The van der Waals surface area contributed by atoms with Crippen LogP contribution in [0.2, 0.25) is 0 Å². The molecule has 0 aliphatic heterocycles. The number of hydrogen-bond donors (Lipinski definition) is 0. The third kappa shape index (κ3) is 4.17. The van der Waals surface area contributed by atoms with E-state index < -0.39 is 0 Å². The Morgan fingerprint density at radius 2 is 1.95 bits per heavy atom. The summed E-state index contributed by atoms with van der Waals surface area (Å²) in [5.41, 5.74) is 2.44. The second-order valence-corrected chi connectivity index (χ2v) is 8.51. The summed E-state index contributed by atoms with van der Waals surface area (Å²) in [6.07, 6.45) is 0. The number of rotatable bonds is 4. The summed E-state index contributed by atoms with van der Waals surface area (Å²) in [5.74, 6) is 0.775. The molecule has 0 saturated carbocycles. The third-order valence-electron chi connectivity index (χ3n) is 3.25. The summed E-state index contributed by atoms with van der Waals surface area (Å²) >= 11 is 4.79. The van der Waals surface area contributed by atoms with E-state index in [2.05, 4.69) is 48.8 Å². The SMILES string of the molecule is Cc1cc(C(C)(C)C)ccc1OCC(=O)c1ccc(Br)s1. The van der Waals surface area contributed by atoms with Crippen molar-refractivity contribution < 1.29 is 9.53 Å². The predicted octanol–water partition coefficient (Wildman–Crippen LogP) is 5.38. The fraction of sp³-hybridized carbons (Fsp3) is 0.353. The quantitative estimate of drug-likeness (QED) is 0.679. The van der Waals surface area contributed by atoms with Crippen LogP contribution in [0.5, 0.6) is 5.75 Å². The molecule has 1 heterocycles. The summed E-state index contributed by atoms with van der Waals surface area (Å²) in [4.78, 5) is 12.7. The number of aryl methyl sites for hydroxylation is 1. The van der Waals surface area contributed by atoms with Crippen molar-refractivity contribution in [3.05, 3.63) is 50.1 Å². The predicted molar refractivity (Wildman–Crippen MR) is 91.7 cm³/mol. The molecular formula is C17H19BrO2S. The molecule has 0 N–H and O–H groups in total. The Bertz CT molecular complexity index is 653. The molecule has 2 nitrogen and oxygen atoms in total. The third-order valence-corrected chi connectivity index (χ3v) is 4.91. The summed E-state index contributed by atoms with van der Waals surface area (Å²) in [6.45, 7) is 8.63. The lowest BCUT2D eigenvalue weighted by molar-refractivity contribution is 0.0925. The van der Waals surface area contributed by atoms with Gasteiger partial charge in [0, 0.05) is 0 Å². The molecule has 0 aliphatic rings. The van der Waals surface area contributed by atoms with Gasteiger partial charge in [-0.05, 0) is 57.6 Å². The lowest BCUT2D eigenvalue weighted by Gasteiger charge is -2.20. The smallest absolute Gasteiger partial charge is 0.210 e. The maximum Gasteiger partial charge on any atom is 0.210 e. The van der Waals surface area contributed by atoms with Gasteiger partial charge in [-0.3, -0.25) is 4.79 Å². The number of thiophene rings is 1. The highest BCUT2D eigenvalue weighted by molar-refractivity contribution is 9.11. The molecule has 0 radical (unpaired) electrons. The maximum atomic E-state index is 12.0. The Hall–Kier alpha value is -1.13. The highest BCUT2D eigenvalue weighted by Gasteiger charge is 2.15. The highest BCUT2D eigenvalue weighted by Crippen LogP contribution is 2.28. The first-order chi connectivity index (χ1) is 9.77. The van der Waals surface area contributed by atoms with Gasteiger partial charge in [-0.15, -0.1) is 11.3 Å². The minimum absolute atomic E-state index is 0.00463. The maximum absolute atomic E-state index is 12.0. The van der Waals surface area contributed by atoms with Crippen LogP contribution in [0.4, 0.5) is 0 Å². The van der Waals surface area contributed by atoms with Crippen molar-refractivity contribution in [3.63, 3.8) is 0 Å². The highest BCUT2D eigenvalue weighted by atomic mass is 79.9. The van der Waals surface area contributed by atoms with Crippen LogP contribution < -0.4 is 4.74 Å². The van der Waals surface area contributed by atoms with Gasteiger partial charge in [0.25, 0.3) is 0 Å². The number of hydrogen-bond acceptors (Lipinski definition) is 3. The van der Waals surface area contributed by atoms with E-state index in [0.29, 0.717) is 4.88 Å². The van der Waals surface area contributed by atoms with Crippen LogP contribution in [-0.2, 0) is 5.41 Å². The van der Waals surface area contributed by atoms with Crippen LogP contribution in [0.1, 0.15) is 41.6 Å². The molecule has 0 bridgehead atoms. The lowest BCUT2D eigenvalue weighted by Crippen LogP contribution is -2.13. The first kappa shape index (κ1) is 16.2. The molecule has 2 rings (SSSR count). The Morgan fingerprint density at radius 3 is 2.48 bits per heavy atom. The van der Waals surface area contributed by atoms with E-state index in [1.807, 2.05) is 25.1 Å². The van der Waals surface area contributed by atoms with Crippen LogP contribution in [0.25, 0.3) is 0 Å². The average molecular weight is 367 g/mol. The average Bonchev–Trinajstić information content (AvgIpc) is 2.82. The molecule has 0 fully saturated rings. The van der Waals surface area contributed by atoms with Gasteiger partial charge in [-0.25, -0.2) is 0 Å². The zero-order valence-electron chi connectivity index (χ0n) is 12.7. The Balaban J connectivity index is 2.05. The Morgan fingerprint density at radius 1 is 1.24 bits per heavy atom. The molecule has 1 aromatic carbocycles. The van der Waals surface area contributed by atoms with Crippen molar-refractivity contribution in [2.45, 2.75) is 33.1 Å². The molecule has 0 unspecified atom stereocenters. The van der Waals surface area contributed by atoms with Gasteiger partial charge in [-0.1, -0.05) is 32.9 Å². The summed E-state index contributed by atoms with van der Waals surface area (Å²) in [6, 6.07) is 9.83. The normalized spacial score (nSPS) is 11.5. The molecule has 2 aromatic rings. The topological polar surface area (TPSA) is 26.3 Å². The fourth-order valence-electron chi connectivity index (χ4n) is 1.96. The van der Waals surface area contributed by atoms with Gasteiger partial charge in [0.05, 0.1) is 8.66 Å². The second-order valence-electron chi connectivity index (χ2n) is 6.05. The number of ether oxygens (including phenoxy) is 1. The Kier molecular flexibility index (Phi) is 4.89. The minimum atomic E-state index is 0.00463. The molecule has 112 valence electrons. The van der Waals surface area contributed by atoms with Crippen molar-refractivity contribution in [3.8, 4) is 5.75 Å². The van der Waals surface area contributed by atoms with Gasteiger partial charge in [0.15, 0.2) is 6.61 Å². The van der Waals surface area contributed by atoms with E-state index in [9.17, 15) is 4.79 Å². The lowest BCUT2D eigenvalue weighted by atomic mass is 9.86. The van der Waals surface area contributed by atoms with E-state index in [0.717, 1.165) is 15.1 Å². The van der Waals surface area contributed by atoms with Crippen molar-refractivity contribution in [2.24, 2.45) is 0 Å². The van der Waals surface area contributed by atoms with E-state index in [1.165, 1.54) is 16.9 Å². The Labute approximate surface area is 138 Å². The van der Waals surface area contributed by atoms with E-state index in [-0.39, 0.29) is 17.8 Å². The van der Waals surface area contributed by atoms with Gasteiger partial charge < -0.3 is 4.74 Å². The summed E-state index contributed by atoms with van der Waals surface area (Å²) in [5, 5.41) is 0. The molecule has 0 aliphatic carbocycles.